The van der Waals surface area contributed by atoms with Crippen molar-refractivity contribution in [3.05, 3.63) is 69.5 Å². The first-order valence-electron chi connectivity index (χ1n) is 11.0. The van der Waals surface area contributed by atoms with E-state index in [0.29, 0.717) is 28.8 Å². The highest BCUT2D eigenvalue weighted by Gasteiger charge is 2.26. The van der Waals surface area contributed by atoms with Gasteiger partial charge in [-0.3, -0.25) is 9.59 Å². The van der Waals surface area contributed by atoms with E-state index in [1.165, 1.54) is 24.3 Å². The molecule has 2 N–H and O–H groups in total. The first-order chi connectivity index (χ1) is 15.7. The Balaban J connectivity index is 1.86. The molecular weight excluding hydrogens is 423 g/mol. The molecule has 0 spiro atoms. The molecule has 0 aromatic heterocycles. The van der Waals surface area contributed by atoms with Gasteiger partial charge in [-0.15, -0.1) is 0 Å². The highest BCUT2D eigenvalue weighted by Crippen LogP contribution is 2.30. The molecule has 0 amide bonds. The van der Waals surface area contributed by atoms with E-state index in [4.69, 9.17) is 0 Å². The number of hydrogen-bond acceptors (Lipinski definition) is 5. The van der Waals surface area contributed by atoms with E-state index >= 15 is 0 Å². The molecular formula is C26H29FN2O4. The molecule has 0 aliphatic heterocycles. The van der Waals surface area contributed by atoms with Crippen LogP contribution in [0.5, 0.6) is 0 Å². The predicted molar refractivity (Wildman–Crippen MR) is 126 cm³/mol. The van der Waals surface area contributed by atoms with Gasteiger partial charge in [-0.25, -0.2) is 9.18 Å². The van der Waals surface area contributed by atoms with E-state index in [-0.39, 0.29) is 35.5 Å². The minimum Gasteiger partial charge on any atom is -0.478 e. The molecule has 1 aliphatic carbocycles. The lowest BCUT2D eigenvalue weighted by Crippen LogP contribution is -2.22. The molecule has 0 atom stereocenters. The Morgan fingerprint density at radius 1 is 1.12 bits per heavy atom. The summed E-state index contributed by atoms with van der Waals surface area (Å²) in [6.45, 7) is 0.916. The average Bonchev–Trinajstić information content (AvgIpc) is 2.76. The molecule has 0 unspecified atom stereocenters. The van der Waals surface area contributed by atoms with Crippen molar-refractivity contribution in [2.45, 2.75) is 32.1 Å². The predicted octanol–water partition coefficient (Wildman–Crippen LogP) is 3.77. The van der Waals surface area contributed by atoms with E-state index < -0.39 is 11.8 Å². The lowest BCUT2D eigenvalue weighted by atomic mass is 9.85. The average molecular weight is 453 g/mol. The summed E-state index contributed by atoms with van der Waals surface area (Å²) in [5.74, 6) is -2.12. The third kappa shape index (κ3) is 5.93. The van der Waals surface area contributed by atoms with Gasteiger partial charge in [-0.1, -0.05) is 6.07 Å². The van der Waals surface area contributed by atoms with E-state index in [1.54, 1.807) is 19.2 Å². The van der Waals surface area contributed by atoms with Crippen molar-refractivity contribution in [2.75, 3.05) is 33.0 Å². The second kappa shape index (κ2) is 10.5. The molecule has 0 radical (unpaired) electrons. The van der Waals surface area contributed by atoms with Gasteiger partial charge < -0.3 is 15.3 Å². The summed E-state index contributed by atoms with van der Waals surface area (Å²) >= 11 is 0. The van der Waals surface area contributed by atoms with Crippen LogP contribution in [0, 0.1) is 5.82 Å². The number of nitrogens with one attached hydrogen (secondary N) is 1. The van der Waals surface area contributed by atoms with Crippen LogP contribution in [-0.4, -0.2) is 55.2 Å². The van der Waals surface area contributed by atoms with Crippen LogP contribution in [0.4, 0.5) is 10.1 Å². The summed E-state index contributed by atoms with van der Waals surface area (Å²) in [4.78, 5) is 39.4. The van der Waals surface area contributed by atoms with Crippen molar-refractivity contribution in [3.63, 3.8) is 0 Å². The number of aromatic carboxylic acids is 1. The molecule has 2 aromatic rings. The molecule has 0 heterocycles. The lowest BCUT2D eigenvalue weighted by molar-refractivity contribution is -0.120. The number of benzene rings is 2. The van der Waals surface area contributed by atoms with Crippen LogP contribution in [-0.2, 0) is 28.9 Å². The SMILES string of the molecule is CNc1cc(F)cc2c1CC(=O)C(C(=O)Cc1ccc(C(=O)O)cc1CCCCN(C)C)=C2. The summed E-state index contributed by atoms with van der Waals surface area (Å²) in [7, 11) is 5.64. The number of carbonyl (C=O) groups is 3. The molecule has 0 saturated heterocycles. The Morgan fingerprint density at radius 2 is 1.88 bits per heavy atom. The number of unbranched alkanes of at least 4 members (excludes halogenated alkanes) is 1. The van der Waals surface area contributed by atoms with Crippen LogP contribution in [0.15, 0.2) is 35.9 Å². The third-order valence-corrected chi connectivity index (χ3v) is 5.86. The number of Topliss-reactive ketones (excluding diaryl/α,β-unsaturated/α-hetero) is 2. The molecule has 174 valence electrons. The number of carboxylic acids is 1. The smallest absolute Gasteiger partial charge is 0.335 e. The van der Waals surface area contributed by atoms with Crippen LogP contribution >= 0.6 is 0 Å². The van der Waals surface area contributed by atoms with Crippen molar-refractivity contribution < 1.29 is 23.9 Å². The number of ketones is 2. The highest BCUT2D eigenvalue weighted by molar-refractivity contribution is 6.25. The summed E-state index contributed by atoms with van der Waals surface area (Å²) in [6.07, 6.45) is 3.92. The van der Waals surface area contributed by atoms with Crippen LogP contribution in [0.3, 0.4) is 0 Å². The van der Waals surface area contributed by atoms with Gasteiger partial charge in [0.25, 0.3) is 0 Å². The molecule has 0 bridgehead atoms. The van der Waals surface area contributed by atoms with E-state index in [9.17, 15) is 23.9 Å². The molecule has 33 heavy (non-hydrogen) atoms. The fraction of sp³-hybridized carbons (Fsp3) is 0.346. The van der Waals surface area contributed by atoms with Gasteiger partial charge in [0.15, 0.2) is 11.6 Å². The van der Waals surface area contributed by atoms with Gasteiger partial charge >= 0.3 is 5.97 Å². The van der Waals surface area contributed by atoms with Gasteiger partial charge in [0.1, 0.15) is 5.82 Å². The minimum atomic E-state index is -1.02. The molecule has 0 saturated carbocycles. The number of carbonyl (C=O) groups excluding carboxylic acids is 2. The normalized spacial score (nSPS) is 13.0. The largest absolute Gasteiger partial charge is 0.478 e. The van der Waals surface area contributed by atoms with Gasteiger partial charge in [-0.2, -0.15) is 0 Å². The number of nitrogens with zero attached hydrogens (tertiary/aromatic N) is 1. The van der Waals surface area contributed by atoms with Crippen LogP contribution in [0.1, 0.15) is 45.5 Å². The maximum Gasteiger partial charge on any atom is 0.335 e. The number of anilines is 1. The van der Waals surface area contributed by atoms with Crippen molar-refractivity contribution >= 4 is 29.3 Å². The monoisotopic (exact) mass is 452 g/mol. The molecule has 7 heteroatoms. The molecule has 0 fully saturated rings. The molecule has 6 nitrogen and oxygen atoms in total. The minimum absolute atomic E-state index is 0.00990. The lowest BCUT2D eigenvalue weighted by Gasteiger charge is -2.19. The number of aryl methyl sites for hydroxylation is 1. The molecule has 1 aliphatic rings. The number of fused-ring (bicyclic) bond motifs is 1. The topological polar surface area (TPSA) is 86.7 Å². The Kier molecular flexibility index (Phi) is 7.76. The first-order valence-corrected chi connectivity index (χ1v) is 11.0. The van der Waals surface area contributed by atoms with E-state index in [1.807, 2.05) is 14.1 Å². The number of hydrogen-bond donors (Lipinski definition) is 2. The molecule has 2 aromatic carbocycles. The van der Waals surface area contributed by atoms with Gasteiger partial charge in [0.2, 0.25) is 0 Å². The van der Waals surface area contributed by atoms with Gasteiger partial charge in [-0.05, 0) is 92.5 Å². The Bertz CT molecular complexity index is 1120. The summed E-state index contributed by atoms with van der Waals surface area (Å²) in [5, 5.41) is 12.3. The summed E-state index contributed by atoms with van der Waals surface area (Å²) in [5.41, 5.74) is 3.46. The van der Waals surface area contributed by atoms with E-state index in [0.717, 1.165) is 24.9 Å². The second-order valence-corrected chi connectivity index (χ2v) is 8.58. The number of carboxylic acid groups (broad SMARTS) is 1. The molecule has 3 rings (SSSR count). The van der Waals surface area contributed by atoms with E-state index in [2.05, 4.69) is 10.2 Å². The van der Waals surface area contributed by atoms with Crippen molar-refractivity contribution in [3.8, 4) is 0 Å². The Hall–Kier alpha value is -3.32. The Morgan fingerprint density at radius 3 is 2.55 bits per heavy atom. The fourth-order valence-electron chi connectivity index (χ4n) is 4.11. The maximum absolute atomic E-state index is 14.0. The third-order valence-electron chi connectivity index (χ3n) is 5.86. The maximum atomic E-state index is 14.0. The van der Waals surface area contributed by atoms with Crippen molar-refractivity contribution in [1.82, 2.24) is 4.90 Å². The number of rotatable bonds is 10. The zero-order valence-electron chi connectivity index (χ0n) is 19.2. The standard InChI is InChI=1S/C26H29FN2O4/c1-28-23-14-20(27)11-19-12-22(25(31)15-21(19)23)24(30)13-17-7-8-18(26(32)33)10-16(17)6-4-5-9-29(2)3/h7-8,10-12,14,28H,4-6,9,13,15H2,1-3H3,(H,32,33). The van der Waals surface area contributed by atoms with Crippen molar-refractivity contribution in [1.29, 1.82) is 0 Å². The number of allylic oxidation sites excluding steroid dienone is 1. The number of halogens is 1. The fourth-order valence-corrected chi connectivity index (χ4v) is 4.11. The quantitative estimate of drug-likeness (QED) is 0.422. The van der Waals surface area contributed by atoms with Crippen molar-refractivity contribution in [2.24, 2.45) is 0 Å². The Labute approximate surface area is 193 Å². The highest BCUT2D eigenvalue weighted by atomic mass is 19.1. The first kappa shape index (κ1) is 24.3. The van der Waals surface area contributed by atoms with Gasteiger partial charge in [0.05, 0.1) is 11.1 Å². The van der Waals surface area contributed by atoms with Crippen LogP contribution < -0.4 is 5.32 Å². The van der Waals surface area contributed by atoms with Crippen LogP contribution in [0.2, 0.25) is 0 Å². The summed E-state index contributed by atoms with van der Waals surface area (Å²) in [6, 6.07) is 7.41. The summed E-state index contributed by atoms with van der Waals surface area (Å²) < 4.78 is 14.0. The van der Waals surface area contributed by atoms with Gasteiger partial charge in [0, 0.05) is 25.6 Å². The zero-order chi connectivity index (χ0) is 24.1. The van der Waals surface area contributed by atoms with Crippen LogP contribution in [0.25, 0.3) is 6.08 Å². The zero-order valence-corrected chi connectivity index (χ0v) is 19.2. The second-order valence-electron chi connectivity index (χ2n) is 8.58.